The van der Waals surface area contributed by atoms with Gasteiger partial charge in [0.2, 0.25) is 0 Å². The van der Waals surface area contributed by atoms with E-state index in [9.17, 15) is 9.90 Å². The molecule has 0 radical (unpaired) electrons. The fraction of sp³-hybridized carbons (Fsp3) is 0.250. The summed E-state index contributed by atoms with van der Waals surface area (Å²) in [6, 6.07) is 8.84. The van der Waals surface area contributed by atoms with Crippen molar-refractivity contribution in [1.29, 1.82) is 0 Å². The van der Waals surface area contributed by atoms with Crippen LogP contribution in [0.5, 0.6) is 11.5 Å². The average molecular weight is 556 g/mol. The smallest absolute Gasteiger partial charge is 0.282 e. The molecular formula is C20H19BrIN3O3. The van der Waals surface area contributed by atoms with Gasteiger partial charge in [0.25, 0.3) is 5.56 Å². The predicted octanol–water partition coefficient (Wildman–Crippen LogP) is 4.66. The lowest BCUT2D eigenvalue weighted by molar-refractivity contribution is 0.371. The van der Waals surface area contributed by atoms with Gasteiger partial charge >= 0.3 is 0 Å². The molecule has 0 amide bonds. The predicted molar refractivity (Wildman–Crippen MR) is 123 cm³/mol. The molecule has 0 fully saturated rings. The van der Waals surface area contributed by atoms with Gasteiger partial charge in [-0.1, -0.05) is 36.7 Å². The lowest BCUT2D eigenvalue weighted by atomic mass is 9.95. The van der Waals surface area contributed by atoms with Gasteiger partial charge in [0.05, 0.1) is 27.8 Å². The van der Waals surface area contributed by atoms with E-state index in [4.69, 9.17) is 4.74 Å². The maximum absolute atomic E-state index is 13.1. The lowest BCUT2D eigenvalue weighted by Gasteiger charge is -2.20. The Morgan fingerprint density at radius 2 is 2.00 bits per heavy atom. The molecule has 2 aromatic carbocycles. The number of fused-ring (bicyclic) bond motifs is 1. The number of hydrogen-bond acceptors (Lipinski definition) is 5. The number of aromatic nitrogens is 2. The minimum absolute atomic E-state index is 0.0741. The molecule has 0 aliphatic rings. The highest BCUT2D eigenvalue weighted by Gasteiger charge is 2.23. The number of ether oxygens (including phenoxy) is 1. The molecule has 28 heavy (non-hydrogen) atoms. The summed E-state index contributed by atoms with van der Waals surface area (Å²) in [4.78, 5) is 17.8. The summed E-state index contributed by atoms with van der Waals surface area (Å²) >= 11 is 5.42. The molecule has 1 N–H and O–H groups in total. The number of rotatable bonds is 3. The van der Waals surface area contributed by atoms with Gasteiger partial charge in [-0.25, -0.2) is 4.98 Å². The Morgan fingerprint density at radius 1 is 1.29 bits per heavy atom. The van der Waals surface area contributed by atoms with E-state index < -0.39 is 5.41 Å². The Labute approximate surface area is 184 Å². The third-order valence-electron chi connectivity index (χ3n) is 4.07. The molecule has 1 aromatic heterocycles. The minimum Gasteiger partial charge on any atom is -0.504 e. The third-order valence-corrected chi connectivity index (χ3v) is 5.39. The van der Waals surface area contributed by atoms with E-state index in [1.807, 2.05) is 55.5 Å². The second-order valence-corrected chi connectivity index (χ2v) is 9.34. The van der Waals surface area contributed by atoms with Crippen molar-refractivity contribution in [3.05, 3.63) is 60.1 Å². The van der Waals surface area contributed by atoms with E-state index in [1.54, 1.807) is 24.4 Å². The molecule has 0 saturated heterocycles. The minimum atomic E-state index is -0.390. The molecule has 0 spiro atoms. The van der Waals surface area contributed by atoms with E-state index >= 15 is 0 Å². The molecule has 0 unspecified atom stereocenters. The Kier molecular flexibility index (Phi) is 5.81. The van der Waals surface area contributed by atoms with Crippen LogP contribution in [0.2, 0.25) is 0 Å². The van der Waals surface area contributed by atoms with Gasteiger partial charge < -0.3 is 9.84 Å². The quantitative estimate of drug-likeness (QED) is 0.377. The van der Waals surface area contributed by atoms with Crippen molar-refractivity contribution >= 4 is 55.6 Å². The summed E-state index contributed by atoms with van der Waals surface area (Å²) in [7, 11) is 1.49. The molecule has 0 aliphatic carbocycles. The Morgan fingerprint density at radius 3 is 2.64 bits per heavy atom. The lowest BCUT2D eigenvalue weighted by Crippen LogP contribution is -2.29. The first-order valence-corrected chi connectivity index (χ1v) is 10.3. The second kappa shape index (κ2) is 7.82. The van der Waals surface area contributed by atoms with Gasteiger partial charge in [0, 0.05) is 9.89 Å². The Balaban J connectivity index is 2.22. The fourth-order valence-electron chi connectivity index (χ4n) is 2.69. The van der Waals surface area contributed by atoms with Crippen molar-refractivity contribution in [3.8, 4) is 11.5 Å². The van der Waals surface area contributed by atoms with Crippen molar-refractivity contribution in [2.24, 2.45) is 5.10 Å². The van der Waals surface area contributed by atoms with Crippen molar-refractivity contribution in [2.75, 3.05) is 7.11 Å². The van der Waals surface area contributed by atoms with E-state index in [0.29, 0.717) is 31.6 Å². The summed E-state index contributed by atoms with van der Waals surface area (Å²) in [6.07, 6.45) is 1.56. The van der Waals surface area contributed by atoms with Crippen molar-refractivity contribution < 1.29 is 9.84 Å². The van der Waals surface area contributed by atoms with Crippen LogP contribution in [0, 0.1) is 3.57 Å². The third kappa shape index (κ3) is 4.07. The van der Waals surface area contributed by atoms with Gasteiger partial charge in [0.15, 0.2) is 11.5 Å². The molecule has 146 valence electrons. The molecule has 1 heterocycles. The maximum atomic E-state index is 13.1. The molecule has 0 atom stereocenters. The van der Waals surface area contributed by atoms with Crippen LogP contribution < -0.4 is 10.3 Å². The van der Waals surface area contributed by atoms with E-state index in [2.05, 4.69) is 26.0 Å². The van der Waals surface area contributed by atoms with Crippen molar-refractivity contribution in [2.45, 2.75) is 26.2 Å². The number of phenols is 1. The van der Waals surface area contributed by atoms with Gasteiger partial charge in [-0.3, -0.25) is 4.79 Å². The van der Waals surface area contributed by atoms with Crippen LogP contribution in [0.25, 0.3) is 10.9 Å². The zero-order valence-electron chi connectivity index (χ0n) is 15.8. The first-order valence-electron chi connectivity index (χ1n) is 8.45. The monoisotopic (exact) mass is 555 g/mol. The zero-order valence-corrected chi connectivity index (χ0v) is 19.6. The number of benzene rings is 2. The molecule has 0 saturated carbocycles. The van der Waals surface area contributed by atoms with Crippen LogP contribution in [0.15, 0.2) is 44.7 Å². The number of aromatic hydroxyl groups is 1. The van der Waals surface area contributed by atoms with Gasteiger partial charge in [-0.15, -0.1) is 0 Å². The molecule has 8 heteroatoms. The maximum Gasteiger partial charge on any atom is 0.282 e. The first kappa shape index (κ1) is 20.8. The number of methoxy groups -OCH3 is 1. The van der Waals surface area contributed by atoms with E-state index in [0.717, 1.165) is 4.47 Å². The van der Waals surface area contributed by atoms with E-state index in [-0.39, 0.29) is 11.3 Å². The number of hydrogen-bond donors (Lipinski definition) is 1. The van der Waals surface area contributed by atoms with Crippen LogP contribution in [0.4, 0.5) is 0 Å². The largest absolute Gasteiger partial charge is 0.504 e. The molecule has 6 nitrogen and oxygen atoms in total. The van der Waals surface area contributed by atoms with Crippen molar-refractivity contribution in [3.63, 3.8) is 0 Å². The van der Waals surface area contributed by atoms with Gasteiger partial charge in [-0.05, 0) is 58.5 Å². The van der Waals surface area contributed by atoms with E-state index in [1.165, 1.54) is 11.8 Å². The number of halogens is 2. The average Bonchev–Trinajstić information content (AvgIpc) is 2.63. The Hall–Kier alpha value is -1.94. The summed E-state index contributed by atoms with van der Waals surface area (Å²) in [5.74, 6) is 0.978. The van der Waals surface area contributed by atoms with Crippen LogP contribution in [0.1, 0.15) is 32.2 Å². The number of nitrogens with zero attached hydrogens (tertiary/aromatic N) is 3. The fourth-order valence-corrected chi connectivity index (χ4v) is 3.68. The first-order chi connectivity index (χ1) is 13.1. The highest BCUT2D eigenvalue weighted by Crippen LogP contribution is 2.32. The number of phenolic OH excluding ortho intramolecular Hbond substituents is 1. The molecule has 3 aromatic rings. The summed E-state index contributed by atoms with van der Waals surface area (Å²) in [5, 5.41) is 14.9. The molecule has 0 bridgehead atoms. The molecule has 3 rings (SSSR count). The van der Waals surface area contributed by atoms with Crippen LogP contribution >= 0.6 is 38.5 Å². The van der Waals surface area contributed by atoms with Gasteiger partial charge in [0.1, 0.15) is 5.82 Å². The molecule has 0 aliphatic heterocycles. The summed E-state index contributed by atoms with van der Waals surface area (Å²) < 4.78 is 7.95. The summed E-state index contributed by atoms with van der Waals surface area (Å²) in [6.45, 7) is 5.95. The van der Waals surface area contributed by atoms with Crippen LogP contribution in [-0.2, 0) is 5.41 Å². The second-order valence-electron chi connectivity index (χ2n) is 7.26. The van der Waals surface area contributed by atoms with Crippen molar-refractivity contribution in [1.82, 2.24) is 9.66 Å². The highest BCUT2D eigenvalue weighted by molar-refractivity contribution is 14.1. The zero-order chi connectivity index (χ0) is 20.6. The molecular weight excluding hydrogens is 537 g/mol. The SMILES string of the molecule is COc1cc(C=Nn2c(C(C)(C)C)nc3ccc(Br)cc3c2=O)cc(I)c1O. The normalized spacial score (nSPS) is 12.1. The van der Waals surface area contributed by atoms with Gasteiger partial charge in [-0.2, -0.15) is 9.78 Å². The summed E-state index contributed by atoms with van der Waals surface area (Å²) in [5.41, 5.74) is 0.692. The van der Waals surface area contributed by atoms with Crippen LogP contribution in [-0.4, -0.2) is 28.1 Å². The standard InChI is InChI=1S/C20H19BrIN3O3/c1-20(2,3)19-24-15-6-5-12(21)9-13(15)18(27)25(19)23-10-11-7-14(22)17(26)16(8-11)28-4/h5-10,26H,1-4H3. The highest BCUT2D eigenvalue weighted by atomic mass is 127. The Bertz CT molecular complexity index is 1150. The van der Waals surface area contributed by atoms with Crippen LogP contribution in [0.3, 0.4) is 0 Å². The topological polar surface area (TPSA) is 76.7 Å².